The number of aryl methyl sites for hydroxylation is 1. The summed E-state index contributed by atoms with van der Waals surface area (Å²) in [5.41, 5.74) is 0.477. The van der Waals surface area contributed by atoms with Crippen LogP contribution in [0.25, 0.3) is 0 Å². The highest BCUT2D eigenvalue weighted by Gasteiger charge is 2.21. The fraction of sp³-hybridized carbons (Fsp3) is 0.500. The summed E-state index contributed by atoms with van der Waals surface area (Å²) in [6, 6.07) is 4.83. The molecule has 0 aliphatic carbocycles. The van der Waals surface area contributed by atoms with E-state index >= 15 is 0 Å². The molecule has 1 atom stereocenters. The average molecular weight is 211 g/mol. The predicted octanol–water partition coefficient (Wildman–Crippen LogP) is 2.71. The first-order valence-corrected chi connectivity index (χ1v) is 5.06. The fourth-order valence-electron chi connectivity index (χ4n) is 1.11. The van der Waals surface area contributed by atoms with Crippen molar-refractivity contribution in [2.75, 3.05) is 5.32 Å². The Balaban J connectivity index is 2.78. The zero-order chi connectivity index (χ0) is 11.6. The van der Waals surface area contributed by atoms with Crippen molar-refractivity contribution in [1.82, 2.24) is 0 Å². The number of halogens is 1. The van der Waals surface area contributed by atoms with Crippen LogP contribution in [0.2, 0.25) is 0 Å². The first-order valence-electron chi connectivity index (χ1n) is 5.06. The molecule has 0 aliphatic rings. The third-order valence-corrected chi connectivity index (χ3v) is 2.61. The second-order valence-corrected chi connectivity index (χ2v) is 4.48. The van der Waals surface area contributed by atoms with E-state index in [2.05, 4.69) is 5.32 Å². The van der Waals surface area contributed by atoms with Crippen molar-refractivity contribution in [3.8, 4) is 0 Å². The van der Waals surface area contributed by atoms with Crippen molar-refractivity contribution >= 4 is 5.69 Å². The normalized spacial score (nSPS) is 13.7. The van der Waals surface area contributed by atoms with Crippen molar-refractivity contribution in [3.05, 3.63) is 29.6 Å². The Morgan fingerprint density at radius 1 is 1.40 bits per heavy atom. The lowest BCUT2D eigenvalue weighted by Gasteiger charge is -2.27. The molecule has 3 heteroatoms. The summed E-state index contributed by atoms with van der Waals surface area (Å²) in [4.78, 5) is 0. The number of hydrogen-bond acceptors (Lipinski definition) is 2. The number of aliphatic hydroxyl groups is 1. The van der Waals surface area contributed by atoms with Crippen LogP contribution >= 0.6 is 0 Å². The molecule has 1 unspecified atom stereocenters. The molecule has 0 amide bonds. The molecular weight excluding hydrogens is 193 g/mol. The summed E-state index contributed by atoms with van der Waals surface area (Å²) in [7, 11) is 0. The van der Waals surface area contributed by atoms with E-state index < -0.39 is 5.60 Å². The molecule has 0 aliphatic heterocycles. The second-order valence-electron chi connectivity index (χ2n) is 4.48. The minimum Gasteiger partial charge on any atom is -0.388 e. The van der Waals surface area contributed by atoms with Gasteiger partial charge in [0.2, 0.25) is 0 Å². The summed E-state index contributed by atoms with van der Waals surface area (Å²) in [6.07, 6.45) is 0. The smallest absolute Gasteiger partial charge is 0.128 e. The minimum absolute atomic E-state index is 0.139. The highest BCUT2D eigenvalue weighted by molar-refractivity contribution is 5.46. The van der Waals surface area contributed by atoms with Gasteiger partial charge in [-0.3, -0.25) is 0 Å². The van der Waals surface area contributed by atoms with Crippen LogP contribution in [0.4, 0.5) is 10.1 Å². The second kappa shape index (κ2) is 4.19. The molecule has 0 aromatic heterocycles. The lowest BCUT2D eigenvalue weighted by Crippen LogP contribution is -2.39. The van der Waals surface area contributed by atoms with Crippen molar-refractivity contribution < 1.29 is 9.50 Å². The number of rotatable bonds is 3. The van der Waals surface area contributed by atoms with Gasteiger partial charge in [0.05, 0.1) is 11.6 Å². The SMILES string of the molecule is Cc1ccc(NC(C)C(C)(C)O)cc1F. The standard InChI is InChI=1S/C12H18FNO/c1-8-5-6-10(7-11(8)13)14-9(2)12(3,4)15/h5-7,9,14-15H,1-4H3. The van der Waals surface area contributed by atoms with Crippen LogP contribution in [-0.2, 0) is 0 Å². The molecule has 0 radical (unpaired) electrons. The number of nitrogens with one attached hydrogen (secondary N) is 1. The lowest BCUT2D eigenvalue weighted by molar-refractivity contribution is 0.0649. The van der Waals surface area contributed by atoms with Crippen LogP contribution < -0.4 is 5.32 Å². The zero-order valence-electron chi connectivity index (χ0n) is 9.63. The van der Waals surface area contributed by atoms with Gasteiger partial charge in [-0.2, -0.15) is 0 Å². The van der Waals surface area contributed by atoms with E-state index in [1.807, 2.05) is 6.92 Å². The van der Waals surface area contributed by atoms with Crippen LogP contribution in [0, 0.1) is 12.7 Å². The van der Waals surface area contributed by atoms with E-state index in [1.165, 1.54) is 6.07 Å². The van der Waals surface area contributed by atoms with Crippen LogP contribution in [-0.4, -0.2) is 16.7 Å². The molecule has 1 aromatic rings. The topological polar surface area (TPSA) is 32.3 Å². The summed E-state index contributed by atoms with van der Waals surface area (Å²) in [5, 5.41) is 12.8. The first kappa shape index (κ1) is 12.0. The van der Waals surface area contributed by atoms with Gasteiger partial charge in [0.25, 0.3) is 0 Å². The van der Waals surface area contributed by atoms with Crippen molar-refractivity contribution in [1.29, 1.82) is 0 Å². The third-order valence-electron chi connectivity index (χ3n) is 2.61. The van der Waals surface area contributed by atoms with Crippen LogP contribution in [0.1, 0.15) is 26.3 Å². The van der Waals surface area contributed by atoms with Crippen LogP contribution in [0.15, 0.2) is 18.2 Å². The van der Waals surface area contributed by atoms with Crippen LogP contribution in [0.3, 0.4) is 0 Å². The molecule has 0 bridgehead atoms. The molecule has 0 fully saturated rings. The Hall–Kier alpha value is -1.09. The van der Waals surface area contributed by atoms with Crippen molar-refractivity contribution in [2.45, 2.75) is 39.3 Å². The van der Waals surface area contributed by atoms with E-state index in [0.717, 1.165) is 0 Å². The third kappa shape index (κ3) is 3.20. The summed E-state index contributed by atoms with van der Waals surface area (Å²) in [5.74, 6) is -0.233. The number of hydrogen-bond donors (Lipinski definition) is 2. The maximum absolute atomic E-state index is 13.2. The Bertz CT molecular complexity index is 344. The van der Waals surface area contributed by atoms with Gasteiger partial charge in [0.1, 0.15) is 5.82 Å². The molecule has 0 saturated carbocycles. The zero-order valence-corrected chi connectivity index (χ0v) is 9.63. The Morgan fingerprint density at radius 3 is 2.47 bits per heavy atom. The largest absolute Gasteiger partial charge is 0.388 e. The van der Waals surface area contributed by atoms with Gasteiger partial charge in [-0.25, -0.2) is 4.39 Å². The first-order chi connectivity index (χ1) is 6.80. The highest BCUT2D eigenvalue weighted by atomic mass is 19.1. The molecule has 0 spiro atoms. The molecular formula is C12H18FNO. The summed E-state index contributed by atoms with van der Waals surface area (Å²) in [6.45, 7) is 7.01. The predicted molar refractivity (Wildman–Crippen MR) is 60.5 cm³/mol. The molecule has 0 heterocycles. The molecule has 2 nitrogen and oxygen atoms in total. The Morgan fingerprint density at radius 2 is 2.00 bits per heavy atom. The highest BCUT2D eigenvalue weighted by Crippen LogP contribution is 2.18. The van der Waals surface area contributed by atoms with Gasteiger partial charge in [-0.15, -0.1) is 0 Å². The molecule has 0 saturated heterocycles. The Kier molecular flexibility index (Phi) is 3.35. The van der Waals surface area contributed by atoms with E-state index in [0.29, 0.717) is 11.3 Å². The van der Waals surface area contributed by atoms with Gasteiger partial charge >= 0.3 is 0 Å². The van der Waals surface area contributed by atoms with Gasteiger partial charge in [-0.05, 0) is 45.4 Å². The van der Waals surface area contributed by atoms with Gasteiger partial charge in [-0.1, -0.05) is 6.07 Å². The molecule has 2 N–H and O–H groups in total. The number of benzene rings is 1. The maximum atomic E-state index is 13.2. The molecule has 1 aromatic carbocycles. The summed E-state index contributed by atoms with van der Waals surface area (Å²) >= 11 is 0. The average Bonchev–Trinajstić information content (AvgIpc) is 2.10. The maximum Gasteiger partial charge on any atom is 0.128 e. The van der Waals surface area contributed by atoms with Gasteiger partial charge in [0, 0.05) is 5.69 Å². The van der Waals surface area contributed by atoms with Crippen molar-refractivity contribution in [3.63, 3.8) is 0 Å². The molecule has 84 valence electrons. The fourth-order valence-corrected chi connectivity index (χ4v) is 1.11. The molecule has 1 rings (SSSR count). The number of anilines is 1. The monoisotopic (exact) mass is 211 g/mol. The van der Waals surface area contributed by atoms with E-state index in [9.17, 15) is 9.50 Å². The Labute approximate surface area is 90.1 Å². The van der Waals surface area contributed by atoms with Gasteiger partial charge < -0.3 is 10.4 Å². The van der Waals surface area contributed by atoms with Crippen LogP contribution in [0.5, 0.6) is 0 Å². The van der Waals surface area contributed by atoms with E-state index in [1.54, 1.807) is 32.9 Å². The van der Waals surface area contributed by atoms with E-state index in [-0.39, 0.29) is 11.9 Å². The lowest BCUT2D eigenvalue weighted by atomic mass is 10.0. The summed E-state index contributed by atoms with van der Waals surface area (Å²) < 4.78 is 13.2. The minimum atomic E-state index is -0.832. The molecule has 15 heavy (non-hydrogen) atoms. The van der Waals surface area contributed by atoms with Gasteiger partial charge in [0.15, 0.2) is 0 Å². The van der Waals surface area contributed by atoms with E-state index in [4.69, 9.17) is 0 Å². The van der Waals surface area contributed by atoms with Crippen molar-refractivity contribution in [2.24, 2.45) is 0 Å². The quantitative estimate of drug-likeness (QED) is 0.805.